The lowest BCUT2D eigenvalue weighted by molar-refractivity contribution is -0.385. The molecule has 0 fully saturated rings. The molecule has 0 unspecified atom stereocenters. The Morgan fingerprint density at radius 2 is 1.79 bits per heavy atom. The minimum Gasteiger partial charge on any atom is -0.258 e. The highest BCUT2D eigenvalue weighted by Crippen LogP contribution is 2.27. The fourth-order valence-corrected chi connectivity index (χ4v) is 1.17. The molecule has 0 heterocycles. The number of nitrogens with zero attached hydrogens (tertiary/aromatic N) is 1. The number of nitro benzene ring substituents is 1. The molecule has 1 rings (SSSR count). The van der Waals surface area contributed by atoms with Gasteiger partial charge in [0.05, 0.1) is 9.95 Å². The van der Waals surface area contributed by atoms with E-state index in [0.717, 1.165) is 5.56 Å². The molecule has 0 N–H and O–H groups in total. The molecule has 0 spiro atoms. The van der Waals surface area contributed by atoms with Gasteiger partial charge in [0.2, 0.25) is 0 Å². The van der Waals surface area contributed by atoms with E-state index in [4.69, 9.17) is 11.6 Å². The average molecular weight is 216 g/mol. The summed E-state index contributed by atoms with van der Waals surface area (Å²) in [6.45, 7) is 7.46. The van der Waals surface area contributed by atoms with Crippen LogP contribution in [0.2, 0.25) is 5.02 Å². The van der Waals surface area contributed by atoms with E-state index in [9.17, 15) is 10.1 Å². The number of halogens is 1. The van der Waals surface area contributed by atoms with Gasteiger partial charge in [-0.2, -0.15) is 0 Å². The lowest BCUT2D eigenvalue weighted by Crippen LogP contribution is -1.92. The first kappa shape index (κ1) is 12.9. The van der Waals surface area contributed by atoms with Crippen molar-refractivity contribution >= 4 is 17.3 Å². The molecule has 0 aliphatic heterocycles. The van der Waals surface area contributed by atoms with Crippen LogP contribution in [0.5, 0.6) is 0 Å². The van der Waals surface area contributed by atoms with Gasteiger partial charge in [0.25, 0.3) is 5.69 Å². The Morgan fingerprint density at radius 3 is 2.21 bits per heavy atom. The van der Waals surface area contributed by atoms with Crippen molar-refractivity contribution < 1.29 is 4.92 Å². The summed E-state index contributed by atoms with van der Waals surface area (Å²) in [5.74, 6) is 0. The number of benzene rings is 1. The molecular weight excluding hydrogens is 202 g/mol. The molecule has 0 aliphatic carbocycles. The molecule has 1 aromatic carbocycles. The Balaban J connectivity index is 0.000000791. The van der Waals surface area contributed by atoms with E-state index in [-0.39, 0.29) is 5.69 Å². The van der Waals surface area contributed by atoms with Crippen LogP contribution in [0, 0.1) is 24.0 Å². The number of nitro groups is 1. The highest BCUT2D eigenvalue weighted by molar-refractivity contribution is 6.32. The van der Waals surface area contributed by atoms with E-state index >= 15 is 0 Å². The van der Waals surface area contributed by atoms with Gasteiger partial charge in [-0.3, -0.25) is 10.1 Å². The summed E-state index contributed by atoms with van der Waals surface area (Å²) in [4.78, 5) is 10.0. The minimum absolute atomic E-state index is 0.0746. The van der Waals surface area contributed by atoms with E-state index in [1.54, 1.807) is 13.0 Å². The second-order valence-corrected chi connectivity index (χ2v) is 2.98. The number of rotatable bonds is 1. The first-order valence-electron chi connectivity index (χ1n) is 4.44. The van der Waals surface area contributed by atoms with Gasteiger partial charge in [-0.25, -0.2) is 0 Å². The zero-order valence-corrected chi connectivity index (χ0v) is 9.55. The summed E-state index contributed by atoms with van der Waals surface area (Å²) in [7, 11) is 0. The summed E-state index contributed by atoms with van der Waals surface area (Å²) in [6, 6.07) is 3.12. The fourth-order valence-electron chi connectivity index (χ4n) is 1.01. The third-order valence-electron chi connectivity index (χ3n) is 1.75. The third kappa shape index (κ3) is 2.70. The number of hydrogen-bond acceptors (Lipinski definition) is 2. The lowest BCUT2D eigenvalue weighted by atomic mass is 10.1. The van der Waals surface area contributed by atoms with Crippen molar-refractivity contribution in [1.29, 1.82) is 0 Å². The van der Waals surface area contributed by atoms with E-state index in [0.29, 0.717) is 10.6 Å². The summed E-state index contributed by atoms with van der Waals surface area (Å²) in [5, 5.41) is 10.9. The molecule has 1 aromatic rings. The van der Waals surface area contributed by atoms with E-state index < -0.39 is 4.92 Å². The molecule has 0 bridgehead atoms. The smallest absolute Gasteiger partial charge is 0.258 e. The summed E-state index contributed by atoms with van der Waals surface area (Å²) in [6.07, 6.45) is 0. The summed E-state index contributed by atoms with van der Waals surface area (Å²) in [5.41, 5.74) is 1.46. The van der Waals surface area contributed by atoms with Crippen molar-refractivity contribution in [2.24, 2.45) is 0 Å². The molecule has 0 aliphatic rings. The maximum absolute atomic E-state index is 10.4. The van der Waals surface area contributed by atoms with Crippen molar-refractivity contribution in [2.45, 2.75) is 27.7 Å². The minimum atomic E-state index is -0.430. The molecule has 3 nitrogen and oxygen atoms in total. The van der Waals surface area contributed by atoms with Gasteiger partial charge in [0, 0.05) is 11.6 Å². The van der Waals surface area contributed by atoms with Crippen LogP contribution >= 0.6 is 11.6 Å². The first-order chi connectivity index (χ1) is 6.54. The predicted molar refractivity (Wildman–Crippen MR) is 58.9 cm³/mol. The van der Waals surface area contributed by atoms with Crippen molar-refractivity contribution in [3.8, 4) is 0 Å². The molecular formula is C10H14ClNO2. The van der Waals surface area contributed by atoms with Crippen LogP contribution in [-0.2, 0) is 0 Å². The molecule has 0 saturated heterocycles. The Morgan fingerprint density at radius 1 is 1.29 bits per heavy atom. The first-order valence-corrected chi connectivity index (χ1v) is 4.82. The molecule has 0 saturated carbocycles. The quantitative estimate of drug-likeness (QED) is 0.527. The average Bonchev–Trinajstić information content (AvgIpc) is 2.17. The third-order valence-corrected chi connectivity index (χ3v) is 2.33. The molecule has 0 amide bonds. The van der Waals surface area contributed by atoms with Crippen LogP contribution in [0.4, 0.5) is 5.69 Å². The van der Waals surface area contributed by atoms with Crippen LogP contribution in [0.15, 0.2) is 12.1 Å². The maximum atomic E-state index is 10.4. The SMILES string of the molecule is CC.Cc1ccc([N+](=O)[O-])c(C)c1Cl. The second kappa shape index (κ2) is 5.60. The van der Waals surface area contributed by atoms with E-state index in [1.807, 2.05) is 20.8 Å². The molecule has 0 atom stereocenters. The zero-order chi connectivity index (χ0) is 11.3. The van der Waals surface area contributed by atoms with Crippen molar-refractivity contribution in [3.63, 3.8) is 0 Å². The topological polar surface area (TPSA) is 43.1 Å². The molecule has 4 heteroatoms. The molecule has 78 valence electrons. The van der Waals surface area contributed by atoms with Crippen molar-refractivity contribution in [3.05, 3.63) is 38.4 Å². The van der Waals surface area contributed by atoms with Gasteiger partial charge in [-0.05, 0) is 19.4 Å². The van der Waals surface area contributed by atoms with Gasteiger partial charge in [0.15, 0.2) is 0 Å². The van der Waals surface area contributed by atoms with E-state index in [1.165, 1.54) is 6.07 Å². The van der Waals surface area contributed by atoms with E-state index in [2.05, 4.69) is 0 Å². The van der Waals surface area contributed by atoms with Gasteiger partial charge < -0.3 is 0 Å². The standard InChI is InChI=1S/C8H8ClNO2.C2H6/c1-5-3-4-7(10(11)12)6(2)8(5)9;1-2/h3-4H,1-2H3;1-2H3. The van der Waals surface area contributed by atoms with Crippen LogP contribution < -0.4 is 0 Å². The largest absolute Gasteiger partial charge is 0.273 e. The number of hydrogen-bond donors (Lipinski definition) is 0. The Kier molecular flexibility index (Phi) is 5.16. The second-order valence-electron chi connectivity index (χ2n) is 2.60. The van der Waals surface area contributed by atoms with Gasteiger partial charge in [-0.1, -0.05) is 31.5 Å². The lowest BCUT2D eigenvalue weighted by Gasteiger charge is -2.01. The summed E-state index contributed by atoms with van der Waals surface area (Å²) >= 11 is 5.82. The number of aryl methyl sites for hydroxylation is 1. The Hall–Kier alpha value is -1.09. The van der Waals surface area contributed by atoms with Gasteiger partial charge >= 0.3 is 0 Å². The van der Waals surface area contributed by atoms with Crippen molar-refractivity contribution in [2.75, 3.05) is 0 Å². The zero-order valence-electron chi connectivity index (χ0n) is 8.80. The molecule has 0 aromatic heterocycles. The monoisotopic (exact) mass is 215 g/mol. The van der Waals surface area contributed by atoms with Crippen molar-refractivity contribution in [1.82, 2.24) is 0 Å². The van der Waals surface area contributed by atoms with Crippen LogP contribution in [0.3, 0.4) is 0 Å². The van der Waals surface area contributed by atoms with Gasteiger partial charge in [0.1, 0.15) is 0 Å². The van der Waals surface area contributed by atoms with Crippen LogP contribution in [0.1, 0.15) is 25.0 Å². The highest BCUT2D eigenvalue weighted by Gasteiger charge is 2.13. The summed E-state index contributed by atoms with van der Waals surface area (Å²) < 4.78 is 0. The maximum Gasteiger partial charge on any atom is 0.273 e. The molecule has 14 heavy (non-hydrogen) atoms. The Labute approximate surface area is 88.9 Å². The van der Waals surface area contributed by atoms with Crippen LogP contribution in [-0.4, -0.2) is 4.92 Å². The van der Waals surface area contributed by atoms with Crippen LogP contribution in [0.25, 0.3) is 0 Å². The van der Waals surface area contributed by atoms with Gasteiger partial charge in [-0.15, -0.1) is 0 Å². The Bertz CT molecular complexity index is 337. The highest BCUT2D eigenvalue weighted by atomic mass is 35.5. The molecule has 0 radical (unpaired) electrons. The fraction of sp³-hybridized carbons (Fsp3) is 0.400. The normalized spacial score (nSPS) is 8.93. The predicted octanol–water partition coefficient (Wildman–Crippen LogP) is 3.89.